The van der Waals surface area contributed by atoms with Gasteiger partial charge in [-0.2, -0.15) is 0 Å². The summed E-state index contributed by atoms with van der Waals surface area (Å²) in [5.74, 6) is -5.26. The lowest BCUT2D eigenvalue weighted by molar-refractivity contribution is -0.126. The molecule has 0 saturated heterocycles. The van der Waals surface area contributed by atoms with E-state index in [0.717, 1.165) is 36.4 Å². The number of carbonyl (C=O) groups excluding carboxylic acids is 3. The Morgan fingerprint density at radius 1 is 0.963 bits per heavy atom. The first-order chi connectivity index (χ1) is 12.8. The Labute approximate surface area is 151 Å². The highest BCUT2D eigenvalue weighted by Gasteiger charge is 2.14. The smallest absolute Gasteiger partial charge is 0.340 e. The average Bonchev–Trinajstić information content (AvgIpc) is 2.61. The van der Waals surface area contributed by atoms with Gasteiger partial charge in [-0.1, -0.05) is 0 Å². The zero-order valence-corrected chi connectivity index (χ0v) is 13.7. The first-order valence-corrected chi connectivity index (χ1v) is 7.50. The standard InChI is InChI=1S/C17H14F3N3O4/c18-9-1-3-11(14(21)5-9)17(26)27-8-16(25)22-7-15(24)23-10-2-4-12(19)13(20)6-10/h1-6H,7-8,21H2,(H,22,25)(H,23,24). The normalized spacial score (nSPS) is 10.2. The summed E-state index contributed by atoms with van der Waals surface area (Å²) < 4.78 is 43.5. The van der Waals surface area contributed by atoms with Crippen LogP contribution in [0.5, 0.6) is 0 Å². The number of halogens is 3. The maximum atomic E-state index is 13.0. The minimum atomic E-state index is -1.14. The molecule has 142 valence electrons. The molecule has 27 heavy (non-hydrogen) atoms. The number of nitrogens with one attached hydrogen (secondary N) is 2. The van der Waals surface area contributed by atoms with E-state index >= 15 is 0 Å². The monoisotopic (exact) mass is 381 g/mol. The summed E-state index contributed by atoms with van der Waals surface area (Å²) >= 11 is 0. The number of hydrogen-bond donors (Lipinski definition) is 3. The van der Waals surface area contributed by atoms with Gasteiger partial charge in [-0.05, 0) is 30.3 Å². The highest BCUT2D eigenvalue weighted by atomic mass is 19.2. The molecule has 0 aliphatic carbocycles. The second-order valence-corrected chi connectivity index (χ2v) is 5.26. The van der Waals surface area contributed by atoms with E-state index < -0.39 is 48.4 Å². The zero-order valence-electron chi connectivity index (χ0n) is 13.7. The molecule has 0 bridgehead atoms. The van der Waals surface area contributed by atoms with Crippen LogP contribution in [0.15, 0.2) is 36.4 Å². The summed E-state index contributed by atoms with van der Waals surface area (Å²) in [5, 5.41) is 4.42. The predicted octanol–water partition coefficient (Wildman–Crippen LogP) is 1.60. The van der Waals surface area contributed by atoms with Crippen LogP contribution in [0.2, 0.25) is 0 Å². The molecule has 0 atom stereocenters. The van der Waals surface area contributed by atoms with Crippen molar-refractivity contribution in [1.29, 1.82) is 0 Å². The maximum absolute atomic E-state index is 13.0. The van der Waals surface area contributed by atoms with Gasteiger partial charge >= 0.3 is 5.97 Å². The first kappa shape index (κ1) is 19.8. The molecule has 0 radical (unpaired) electrons. The number of ether oxygens (including phenoxy) is 1. The molecule has 0 aliphatic rings. The number of anilines is 2. The SMILES string of the molecule is Nc1cc(F)ccc1C(=O)OCC(=O)NCC(=O)Nc1ccc(F)c(F)c1. The number of hydrogen-bond acceptors (Lipinski definition) is 5. The molecule has 0 unspecified atom stereocenters. The van der Waals surface area contributed by atoms with Gasteiger partial charge in [0.05, 0.1) is 12.1 Å². The van der Waals surface area contributed by atoms with Crippen molar-refractivity contribution in [2.75, 3.05) is 24.2 Å². The van der Waals surface area contributed by atoms with Crippen molar-refractivity contribution in [1.82, 2.24) is 5.32 Å². The van der Waals surface area contributed by atoms with E-state index in [1.54, 1.807) is 0 Å². The molecule has 7 nitrogen and oxygen atoms in total. The van der Waals surface area contributed by atoms with Crippen LogP contribution in [0.3, 0.4) is 0 Å². The minimum absolute atomic E-state index is 0.00589. The summed E-state index contributed by atoms with van der Waals surface area (Å²) in [4.78, 5) is 35.0. The second kappa shape index (κ2) is 8.70. The molecule has 2 amide bonds. The van der Waals surface area contributed by atoms with E-state index in [-0.39, 0.29) is 16.9 Å². The summed E-state index contributed by atoms with van der Waals surface area (Å²) in [6.07, 6.45) is 0. The van der Waals surface area contributed by atoms with Crippen LogP contribution < -0.4 is 16.4 Å². The number of amides is 2. The fourth-order valence-corrected chi connectivity index (χ4v) is 1.94. The highest BCUT2D eigenvalue weighted by molar-refractivity contribution is 5.97. The van der Waals surface area contributed by atoms with Crippen LogP contribution in [-0.4, -0.2) is 30.9 Å². The Kier molecular flexibility index (Phi) is 6.36. The van der Waals surface area contributed by atoms with E-state index in [0.29, 0.717) is 0 Å². The fourth-order valence-electron chi connectivity index (χ4n) is 1.94. The van der Waals surface area contributed by atoms with Crippen LogP contribution in [0.1, 0.15) is 10.4 Å². The summed E-state index contributed by atoms with van der Waals surface area (Å²) in [6, 6.07) is 5.82. The molecule has 2 aromatic rings. The van der Waals surface area contributed by atoms with Gasteiger partial charge in [-0.15, -0.1) is 0 Å². The molecule has 0 aliphatic heterocycles. The number of esters is 1. The number of nitrogen functional groups attached to an aromatic ring is 1. The molecule has 0 spiro atoms. The molecule has 4 N–H and O–H groups in total. The van der Waals surface area contributed by atoms with Gasteiger partial charge in [-0.25, -0.2) is 18.0 Å². The Balaban J connectivity index is 1.77. The average molecular weight is 381 g/mol. The number of carbonyl (C=O) groups is 3. The van der Waals surface area contributed by atoms with Crippen LogP contribution in [0.4, 0.5) is 24.5 Å². The number of nitrogens with two attached hydrogens (primary N) is 1. The Morgan fingerprint density at radius 3 is 2.37 bits per heavy atom. The highest BCUT2D eigenvalue weighted by Crippen LogP contribution is 2.14. The van der Waals surface area contributed by atoms with Crippen molar-refractivity contribution in [3.8, 4) is 0 Å². The van der Waals surface area contributed by atoms with Gasteiger partial charge in [0, 0.05) is 17.4 Å². The summed E-state index contributed by atoms with van der Waals surface area (Å²) in [6.45, 7) is -1.19. The molecular formula is C17H14F3N3O4. The lowest BCUT2D eigenvalue weighted by Gasteiger charge is -2.09. The van der Waals surface area contributed by atoms with E-state index in [2.05, 4.69) is 10.6 Å². The van der Waals surface area contributed by atoms with Crippen LogP contribution in [0, 0.1) is 17.5 Å². The molecule has 0 saturated carbocycles. The third kappa shape index (κ3) is 5.73. The van der Waals surface area contributed by atoms with Crippen molar-refractivity contribution < 1.29 is 32.3 Å². The topological polar surface area (TPSA) is 111 Å². The van der Waals surface area contributed by atoms with Crippen LogP contribution in [-0.2, 0) is 14.3 Å². The molecule has 2 rings (SSSR count). The van der Waals surface area contributed by atoms with Crippen molar-refractivity contribution in [3.05, 3.63) is 59.4 Å². The molecule has 0 heterocycles. The van der Waals surface area contributed by atoms with Gasteiger partial charge < -0.3 is 21.1 Å². The Morgan fingerprint density at radius 2 is 1.70 bits per heavy atom. The molecule has 10 heteroatoms. The Hall–Kier alpha value is -3.56. The largest absolute Gasteiger partial charge is 0.452 e. The maximum Gasteiger partial charge on any atom is 0.340 e. The van der Waals surface area contributed by atoms with Gasteiger partial charge in [0.15, 0.2) is 18.2 Å². The molecule has 0 fully saturated rings. The van der Waals surface area contributed by atoms with E-state index in [9.17, 15) is 27.6 Å². The second-order valence-electron chi connectivity index (χ2n) is 5.26. The van der Waals surface area contributed by atoms with Gasteiger partial charge in [0.2, 0.25) is 5.91 Å². The summed E-state index contributed by atoms with van der Waals surface area (Å²) in [7, 11) is 0. The van der Waals surface area contributed by atoms with Crippen molar-refractivity contribution in [2.24, 2.45) is 0 Å². The van der Waals surface area contributed by atoms with Crippen LogP contribution >= 0.6 is 0 Å². The van der Waals surface area contributed by atoms with Crippen LogP contribution in [0.25, 0.3) is 0 Å². The Bertz CT molecular complexity index is 890. The van der Waals surface area contributed by atoms with E-state index in [4.69, 9.17) is 10.5 Å². The lowest BCUT2D eigenvalue weighted by atomic mass is 10.2. The quantitative estimate of drug-likeness (QED) is 0.520. The number of benzene rings is 2. The van der Waals surface area contributed by atoms with Gasteiger partial charge in [0.1, 0.15) is 5.82 Å². The number of rotatable bonds is 6. The van der Waals surface area contributed by atoms with Crippen molar-refractivity contribution in [2.45, 2.75) is 0 Å². The molecular weight excluding hydrogens is 367 g/mol. The first-order valence-electron chi connectivity index (χ1n) is 7.50. The summed E-state index contributed by atoms with van der Waals surface area (Å²) in [5.41, 5.74) is 5.22. The van der Waals surface area contributed by atoms with Crippen molar-refractivity contribution in [3.63, 3.8) is 0 Å². The third-order valence-electron chi connectivity index (χ3n) is 3.22. The predicted molar refractivity (Wildman–Crippen MR) is 89.1 cm³/mol. The fraction of sp³-hybridized carbons (Fsp3) is 0.118. The lowest BCUT2D eigenvalue weighted by Crippen LogP contribution is -2.35. The van der Waals surface area contributed by atoms with Gasteiger partial charge in [-0.3, -0.25) is 9.59 Å². The zero-order chi connectivity index (χ0) is 20.0. The van der Waals surface area contributed by atoms with Gasteiger partial charge in [0.25, 0.3) is 5.91 Å². The minimum Gasteiger partial charge on any atom is -0.452 e. The third-order valence-corrected chi connectivity index (χ3v) is 3.22. The molecule has 0 aromatic heterocycles. The van der Waals surface area contributed by atoms with E-state index in [1.165, 1.54) is 0 Å². The van der Waals surface area contributed by atoms with Crippen molar-refractivity contribution >= 4 is 29.2 Å². The van der Waals surface area contributed by atoms with E-state index in [1.807, 2.05) is 0 Å². The molecule has 2 aromatic carbocycles.